The first-order valence-electron chi connectivity index (χ1n) is 29.4. The van der Waals surface area contributed by atoms with Crippen LogP contribution in [0.4, 0.5) is 0 Å². The highest BCUT2D eigenvalue weighted by Gasteiger charge is 2.17. The Morgan fingerprint density at radius 3 is 1.35 bits per heavy atom. The molecule has 0 amide bonds. The lowest BCUT2D eigenvalue weighted by Crippen LogP contribution is -1.91. The third-order valence-electron chi connectivity index (χ3n) is 7.81. The Morgan fingerprint density at radius 1 is 0.306 bits per heavy atom. The molecule has 0 saturated heterocycles. The molecule has 0 radical (unpaired) electrons. The number of furan rings is 1. The standard InChI is InChI=1S/C48H30O/c1-2-10-31(11-3-1)32-18-22-35(23-19-32)46-39-14-6-8-16-41(39)47(42-17-9-7-15-40(42)46)36-24-20-33(21-25-36)37-27-29-45-44(30-37)43-28-26-34-12-4-5-13-38(34)48(43)49-45/h1-30H/i1D,2D,3D,4D,5D,6D,7D,8D,9D,10D,11D,12D,13D,14D,15D,16D,17D,18D,19D,20D,21D,22D,23D,24D,25D,26D,27D,28D,29D,30D. The van der Waals surface area contributed by atoms with Gasteiger partial charge in [-0.3, -0.25) is 0 Å². The lowest BCUT2D eigenvalue weighted by molar-refractivity contribution is 0.672. The molecule has 0 aliphatic heterocycles. The molecule has 0 unspecified atom stereocenters. The zero-order valence-electron chi connectivity index (χ0n) is 54.4. The van der Waals surface area contributed by atoms with Crippen LogP contribution in [0.25, 0.3) is 98.8 Å². The fourth-order valence-corrected chi connectivity index (χ4v) is 5.66. The maximum absolute atomic E-state index is 9.60. The molecule has 0 fully saturated rings. The molecule has 1 nitrogen and oxygen atoms in total. The molecule has 1 heterocycles. The van der Waals surface area contributed by atoms with Gasteiger partial charge in [-0.15, -0.1) is 0 Å². The van der Waals surface area contributed by atoms with E-state index in [0.717, 1.165) is 0 Å². The molecule has 1 heteroatoms. The summed E-state index contributed by atoms with van der Waals surface area (Å²) in [4.78, 5) is 0. The summed E-state index contributed by atoms with van der Waals surface area (Å²) in [6.45, 7) is 0. The lowest BCUT2D eigenvalue weighted by atomic mass is 9.85. The van der Waals surface area contributed by atoms with Crippen LogP contribution in [0, 0.1) is 0 Å². The fraction of sp³-hybridized carbons (Fsp3) is 0. The third kappa shape index (κ3) is 4.47. The van der Waals surface area contributed by atoms with Gasteiger partial charge in [0.25, 0.3) is 0 Å². The first-order valence-corrected chi connectivity index (χ1v) is 14.4. The smallest absolute Gasteiger partial charge is 0.143 e. The summed E-state index contributed by atoms with van der Waals surface area (Å²) in [5.41, 5.74) is -7.60. The van der Waals surface area contributed by atoms with Crippen molar-refractivity contribution in [3.63, 3.8) is 0 Å². The molecule has 0 saturated carbocycles. The van der Waals surface area contributed by atoms with Gasteiger partial charge < -0.3 is 4.42 Å². The van der Waals surface area contributed by atoms with E-state index in [2.05, 4.69) is 0 Å². The van der Waals surface area contributed by atoms with Gasteiger partial charge >= 0.3 is 0 Å². The summed E-state index contributed by atoms with van der Waals surface area (Å²) in [6, 6.07) is -28.5. The average molecular weight is 653 g/mol. The topological polar surface area (TPSA) is 13.1 Å². The average Bonchev–Trinajstić information content (AvgIpc) is 4.03. The van der Waals surface area contributed by atoms with E-state index in [-0.39, 0.29) is 0 Å². The van der Waals surface area contributed by atoms with E-state index in [4.69, 9.17) is 27.7 Å². The van der Waals surface area contributed by atoms with Crippen LogP contribution in [0.5, 0.6) is 0 Å². The van der Waals surface area contributed by atoms with Crippen LogP contribution in [0.15, 0.2) is 186 Å². The molecular formula is C48H30O. The summed E-state index contributed by atoms with van der Waals surface area (Å²) in [5, 5.41) is -4.91. The quantitative estimate of drug-likeness (QED) is 0.172. The minimum atomic E-state index is -1.13. The van der Waals surface area contributed by atoms with Gasteiger partial charge in [0.2, 0.25) is 0 Å². The van der Waals surface area contributed by atoms with Gasteiger partial charge in [-0.2, -0.15) is 0 Å². The Balaban J connectivity index is 1.37. The predicted molar refractivity (Wildman–Crippen MR) is 208 cm³/mol. The molecule has 0 atom stereocenters. The third-order valence-corrected chi connectivity index (χ3v) is 7.81. The van der Waals surface area contributed by atoms with Gasteiger partial charge in [-0.1, -0.05) is 163 Å². The molecule has 0 aliphatic carbocycles. The van der Waals surface area contributed by atoms with Gasteiger partial charge in [-0.05, 0) is 89.6 Å². The molecule has 10 aromatic rings. The van der Waals surface area contributed by atoms with Gasteiger partial charge in [0.05, 0.1) is 41.1 Å². The van der Waals surface area contributed by atoms with Gasteiger partial charge in [0.1, 0.15) is 11.2 Å². The summed E-state index contributed by atoms with van der Waals surface area (Å²) in [7, 11) is 0. The van der Waals surface area contributed by atoms with E-state index in [0.29, 0.717) is 0 Å². The normalized spacial score (nSPS) is 20.2. The van der Waals surface area contributed by atoms with Crippen LogP contribution in [0.3, 0.4) is 0 Å². The summed E-state index contributed by atoms with van der Waals surface area (Å²) in [6.07, 6.45) is 0. The maximum Gasteiger partial charge on any atom is 0.143 e. The molecule has 0 aliphatic rings. The number of fused-ring (bicyclic) bond motifs is 7. The fourth-order valence-electron chi connectivity index (χ4n) is 5.66. The molecule has 9 aromatic carbocycles. The Morgan fingerprint density at radius 2 is 0.755 bits per heavy atom. The van der Waals surface area contributed by atoms with Crippen molar-refractivity contribution in [2.45, 2.75) is 0 Å². The first-order chi connectivity index (χ1) is 36.8. The summed E-state index contributed by atoms with van der Waals surface area (Å²) >= 11 is 0. The maximum atomic E-state index is 9.60. The minimum Gasteiger partial charge on any atom is -0.455 e. The monoisotopic (exact) mass is 652 g/mol. The van der Waals surface area contributed by atoms with E-state index >= 15 is 0 Å². The number of hydrogen-bond donors (Lipinski definition) is 0. The lowest BCUT2D eigenvalue weighted by Gasteiger charge is -2.18. The number of hydrogen-bond acceptors (Lipinski definition) is 1. The molecular weight excluding hydrogens is 593 g/mol. The first kappa shape index (κ1) is 11.1. The van der Waals surface area contributed by atoms with E-state index in [1.165, 1.54) is 0 Å². The van der Waals surface area contributed by atoms with Crippen molar-refractivity contribution in [1.82, 2.24) is 0 Å². The number of rotatable bonds is 4. The van der Waals surface area contributed by atoms with Crippen LogP contribution in [0.1, 0.15) is 41.1 Å². The van der Waals surface area contributed by atoms with Crippen molar-refractivity contribution in [3.05, 3.63) is 181 Å². The second kappa shape index (κ2) is 11.1. The van der Waals surface area contributed by atoms with Crippen LogP contribution in [0.2, 0.25) is 0 Å². The largest absolute Gasteiger partial charge is 0.455 e. The predicted octanol–water partition coefficient (Wildman–Crippen LogP) is 13.7. The highest BCUT2D eigenvalue weighted by atomic mass is 16.3. The Bertz CT molecular complexity index is 4430. The van der Waals surface area contributed by atoms with Crippen molar-refractivity contribution in [2.24, 2.45) is 0 Å². The Labute approximate surface area is 326 Å². The summed E-state index contributed by atoms with van der Waals surface area (Å²) in [5.74, 6) is 0. The molecule has 1 aromatic heterocycles. The zero-order chi connectivity index (χ0) is 58.4. The molecule has 10 rings (SSSR count). The van der Waals surface area contributed by atoms with Crippen LogP contribution in [-0.2, 0) is 0 Å². The van der Waals surface area contributed by atoms with Crippen molar-refractivity contribution < 1.29 is 45.5 Å². The van der Waals surface area contributed by atoms with Gasteiger partial charge in [-0.25, -0.2) is 0 Å². The SMILES string of the molecule is [2H]c1c([2H])c([2H])c(-c2c([2H])c([2H])c(-c3c4c([2H])c([2H])c([2H])c([2H])c4c(-c4c([2H])c([2H])c(-c5c([2H])c([2H])c6oc7c8c([2H])c([2H])c([2H])c([2H])c8c([2H])c([2H])c7c6c5[2H])c([2H])c4[2H])c4c([2H])c([2H])c([2H])c([2H])c34)c([2H])c2[2H])c([2H])c1[2H]. The van der Waals surface area contributed by atoms with E-state index < -0.39 is 280 Å². The molecule has 0 spiro atoms. The van der Waals surface area contributed by atoms with Crippen molar-refractivity contribution >= 4 is 54.3 Å². The molecule has 49 heavy (non-hydrogen) atoms. The van der Waals surface area contributed by atoms with Crippen LogP contribution in [-0.4, -0.2) is 0 Å². The zero-order valence-corrected chi connectivity index (χ0v) is 24.4. The second-order valence-corrected chi connectivity index (χ2v) is 10.5. The Kier molecular flexibility index (Phi) is 2.50. The molecule has 0 N–H and O–H groups in total. The van der Waals surface area contributed by atoms with Gasteiger partial charge in [0, 0.05) is 16.2 Å². The van der Waals surface area contributed by atoms with Crippen LogP contribution >= 0.6 is 0 Å². The van der Waals surface area contributed by atoms with Gasteiger partial charge in [0.15, 0.2) is 0 Å². The Hall–Kier alpha value is -6.44. The van der Waals surface area contributed by atoms with Crippen molar-refractivity contribution in [3.8, 4) is 44.5 Å². The minimum absolute atomic E-state index is 0.399. The molecule has 0 bridgehead atoms. The highest BCUT2D eigenvalue weighted by molar-refractivity contribution is 6.21. The van der Waals surface area contributed by atoms with E-state index in [9.17, 15) is 17.8 Å². The van der Waals surface area contributed by atoms with E-state index in [1.807, 2.05) is 0 Å². The number of benzene rings is 9. The van der Waals surface area contributed by atoms with E-state index in [1.54, 1.807) is 0 Å². The van der Waals surface area contributed by atoms with Crippen molar-refractivity contribution in [1.29, 1.82) is 0 Å². The molecule has 228 valence electrons. The summed E-state index contributed by atoms with van der Waals surface area (Å²) < 4.78 is 275. The second-order valence-electron chi connectivity index (χ2n) is 10.5. The van der Waals surface area contributed by atoms with Crippen molar-refractivity contribution in [2.75, 3.05) is 0 Å². The highest BCUT2D eigenvalue weighted by Crippen LogP contribution is 2.44. The van der Waals surface area contributed by atoms with Crippen LogP contribution < -0.4 is 0 Å².